The molecule has 0 aliphatic heterocycles. The first-order valence-electron chi connectivity index (χ1n) is 10.5. The zero-order valence-corrected chi connectivity index (χ0v) is 18.6. The lowest BCUT2D eigenvalue weighted by atomic mass is 10.0. The highest BCUT2D eigenvalue weighted by atomic mass is 16.5. The highest BCUT2D eigenvalue weighted by Crippen LogP contribution is 2.28. The molecule has 10 heteroatoms. The smallest absolute Gasteiger partial charge is 0.272 e. The van der Waals surface area contributed by atoms with Gasteiger partial charge in [-0.3, -0.25) is 14.4 Å². The van der Waals surface area contributed by atoms with E-state index in [4.69, 9.17) is 4.74 Å². The summed E-state index contributed by atoms with van der Waals surface area (Å²) in [6.45, 7) is 0. The van der Waals surface area contributed by atoms with E-state index in [9.17, 15) is 19.5 Å². The molecule has 35 heavy (non-hydrogen) atoms. The number of aromatic nitrogens is 2. The summed E-state index contributed by atoms with van der Waals surface area (Å²) in [6, 6.07) is 18.5. The minimum Gasteiger partial charge on any atom is -0.504 e. The maximum Gasteiger partial charge on any atom is 0.272 e. The number of hydrogen-bond acceptors (Lipinski definition) is 7. The van der Waals surface area contributed by atoms with Crippen LogP contribution in [0.15, 0.2) is 82.7 Å². The van der Waals surface area contributed by atoms with Gasteiger partial charge >= 0.3 is 0 Å². The average molecular weight is 471 g/mol. The van der Waals surface area contributed by atoms with Crippen molar-refractivity contribution in [2.24, 2.45) is 5.10 Å². The topological polar surface area (TPSA) is 146 Å². The van der Waals surface area contributed by atoms with Crippen LogP contribution in [0.5, 0.6) is 11.5 Å². The number of hydrazone groups is 1. The number of benzene rings is 3. The van der Waals surface area contributed by atoms with Crippen LogP contribution in [0.1, 0.15) is 27.7 Å². The fraction of sp³-hybridized carbons (Fsp3) is 0.0800. The summed E-state index contributed by atoms with van der Waals surface area (Å²) in [7, 11) is 1.42. The second-order valence-electron chi connectivity index (χ2n) is 7.39. The van der Waals surface area contributed by atoms with E-state index >= 15 is 0 Å². The van der Waals surface area contributed by atoms with E-state index in [-0.39, 0.29) is 17.2 Å². The van der Waals surface area contributed by atoms with Crippen LogP contribution in [0.4, 0.5) is 0 Å². The summed E-state index contributed by atoms with van der Waals surface area (Å²) >= 11 is 0. The first-order chi connectivity index (χ1) is 17.0. The lowest BCUT2D eigenvalue weighted by molar-refractivity contribution is -0.123. The molecule has 0 spiro atoms. The molecule has 2 amide bonds. The van der Waals surface area contributed by atoms with E-state index in [2.05, 4.69) is 26.0 Å². The Kier molecular flexibility index (Phi) is 6.82. The zero-order chi connectivity index (χ0) is 24.8. The van der Waals surface area contributed by atoms with Gasteiger partial charge in [0.1, 0.15) is 5.69 Å². The van der Waals surface area contributed by atoms with Crippen LogP contribution in [0.25, 0.3) is 10.8 Å². The van der Waals surface area contributed by atoms with E-state index < -0.39 is 23.4 Å². The van der Waals surface area contributed by atoms with Crippen LogP contribution < -0.4 is 21.0 Å². The number of aromatic amines is 1. The molecule has 0 aliphatic rings. The Bertz CT molecular complexity index is 1470. The third kappa shape index (κ3) is 5.01. The van der Waals surface area contributed by atoms with Crippen LogP contribution in [-0.2, 0) is 4.79 Å². The zero-order valence-electron chi connectivity index (χ0n) is 18.6. The van der Waals surface area contributed by atoms with Crippen molar-refractivity contribution < 1.29 is 19.4 Å². The number of phenolic OH excluding ortho intramolecular Hbond substituents is 1. The number of para-hydroxylation sites is 1. The summed E-state index contributed by atoms with van der Waals surface area (Å²) in [4.78, 5) is 38.3. The second kappa shape index (κ2) is 10.3. The van der Waals surface area contributed by atoms with E-state index in [1.54, 1.807) is 72.8 Å². The van der Waals surface area contributed by atoms with E-state index in [0.717, 1.165) is 0 Å². The maximum absolute atomic E-state index is 13.2. The van der Waals surface area contributed by atoms with Crippen molar-refractivity contribution >= 4 is 28.8 Å². The number of aromatic hydroxyl groups is 1. The van der Waals surface area contributed by atoms with Gasteiger partial charge < -0.3 is 15.2 Å². The number of ether oxygens (including phenoxy) is 1. The third-order valence-corrected chi connectivity index (χ3v) is 5.20. The van der Waals surface area contributed by atoms with Gasteiger partial charge in [0, 0.05) is 16.5 Å². The predicted molar refractivity (Wildman–Crippen MR) is 129 cm³/mol. The molecule has 4 N–H and O–H groups in total. The largest absolute Gasteiger partial charge is 0.504 e. The Morgan fingerprint density at radius 2 is 1.74 bits per heavy atom. The van der Waals surface area contributed by atoms with Crippen molar-refractivity contribution in [1.29, 1.82) is 0 Å². The lowest BCUT2D eigenvalue weighted by Crippen LogP contribution is -2.40. The van der Waals surface area contributed by atoms with Crippen molar-refractivity contribution in [3.8, 4) is 11.5 Å². The second-order valence-corrected chi connectivity index (χ2v) is 7.39. The predicted octanol–water partition coefficient (Wildman–Crippen LogP) is 2.26. The SMILES string of the molecule is COc1cccc(/C=N\NC(=O)[C@@H](NC(=O)c2ccccc2)c2n[nH]c(=O)c3ccccc23)c1O. The number of nitrogens with one attached hydrogen (secondary N) is 3. The van der Waals surface area contributed by atoms with Crippen molar-refractivity contribution in [2.75, 3.05) is 7.11 Å². The molecule has 1 atom stereocenters. The van der Waals surface area contributed by atoms with Crippen LogP contribution in [0, 0.1) is 0 Å². The number of H-pyrrole nitrogens is 1. The van der Waals surface area contributed by atoms with E-state index in [0.29, 0.717) is 21.9 Å². The van der Waals surface area contributed by atoms with Crippen molar-refractivity contribution in [3.63, 3.8) is 0 Å². The number of methoxy groups -OCH3 is 1. The Morgan fingerprint density at radius 3 is 2.49 bits per heavy atom. The van der Waals surface area contributed by atoms with Gasteiger partial charge in [0.05, 0.1) is 18.7 Å². The fourth-order valence-electron chi connectivity index (χ4n) is 3.46. The summed E-state index contributed by atoms with van der Waals surface area (Å²) < 4.78 is 5.06. The van der Waals surface area contributed by atoms with Crippen LogP contribution >= 0.6 is 0 Å². The molecule has 0 saturated carbocycles. The Balaban J connectivity index is 1.67. The molecule has 0 aliphatic carbocycles. The number of nitrogens with zero attached hydrogens (tertiary/aromatic N) is 2. The van der Waals surface area contributed by atoms with Gasteiger partial charge in [0.15, 0.2) is 17.5 Å². The van der Waals surface area contributed by atoms with Crippen molar-refractivity contribution in [3.05, 3.63) is 100.0 Å². The first kappa shape index (κ1) is 23.2. The van der Waals surface area contributed by atoms with E-state index in [1.807, 2.05) is 0 Å². The molecule has 4 rings (SSSR count). The number of phenols is 1. The van der Waals surface area contributed by atoms with Crippen LogP contribution in [-0.4, -0.2) is 40.4 Å². The molecule has 176 valence electrons. The van der Waals surface area contributed by atoms with Gasteiger partial charge in [-0.1, -0.05) is 42.5 Å². The van der Waals surface area contributed by atoms with Gasteiger partial charge in [-0.05, 0) is 30.3 Å². The summed E-state index contributed by atoms with van der Waals surface area (Å²) in [6.07, 6.45) is 1.24. The van der Waals surface area contributed by atoms with Crippen molar-refractivity contribution in [2.45, 2.75) is 6.04 Å². The molecule has 4 aromatic rings. The maximum atomic E-state index is 13.2. The summed E-state index contributed by atoms with van der Waals surface area (Å²) in [5.74, 6) is -1.12. The summed E-state index contributed by atoms with van der Waals surface area (Å²) in [5, 5.41) is 23.9. The Hall–Kier alpha value is -4.99. The quantitative estimate of drug-likeness (QED) is 0.240. The Labute approximate surface area is 199 Å². The molecular weight excluding hydrogens is 450 g/mol. The van der Waals surface area contributed by atoms with Gasteiger partial charge in [-0.15, -0.1) is 0 Å². The van der Waals surface area contributed by atoms with Gasteiger partial charge in [-0.2, -0.15) is 10.2 Å². The number of hydrogen-bond donors (Lipinski definition) is 4. The van der Waals surface area contributed by atoms with Gasteiger partial charge in [0.2, 0.25) is 0 Å². The third-order valence-electron chi connectivity index (χ3n) is 5.20. The minimum atomic E-state index is -1.29. The molecule has 3 aromatic carbocycles. The molecule has 0 bridgehead atoms. The average Bonchev–Trinajstić information content (AvgIpc) is 2.89. The number of carbonyl (C=O) groups is 2. The number of fused-ring (bicyclic) bond motifs is 1. The Morgan fingerprint density at radius 1 is 1.03 bits per heavy atom. The highest BCUT2D eigenvalue weighted by Gasteiger charge is 2.27. The molecule has 0 unspecified atom stereocenters. The standard InChI is InChI=1S/C25H21N5O5/c1-35-19-13-7-10-16(22(19)31)14-26-29-25(34)21(27-23(32)15-8-3-2-4-9-15)20-17-11-5-6-12-18(17)24(33)30-28-20/h2-14,21,31H,1H3,(H,27,32)(H,29,34)(H,30,33)/b26-14-/t21-/m0/s1. The summed E-state index contributed by atoms with van der Waals surface area (Å²) in [5.41, 5.74) is 2.72. The molecule has 1 heterocycles. The first-order valence-corrected chi connectivity index (χ1v) is 10.5. The van der Waals surface area contributed by atoms with Gasteiger partial charge in [0.25, 0.3) is 17.4 Å². The number of carbonyl (C=O) groups excluding carboxylic acids is 2. The number of rotatable bonds is 7. The van der Waals surface area contributed by atoms with E-state index in [1.165, 1.54) is 13.3 Å². The molecule has 10 nitrogen and oxygen atoms in total. The molecule has 0 saturated heterocycles. The molecule has 0 fully saturated rings. The highest BCUT2D eigenvalue weighted by molar-refractivity contribution is 5.99. The minimum absolute atomic E-state index is 0.140. The monoisotopic (exact) mass is 471 g/mol. The van der Waals surface area contributed by atoms with Crippen molar-refractivity contribution in [1.82, 2.24) is 20.9 Å². The normalized spacial score (nSPS) is 11.8. The van der Waals surface area contributed by atoms with Crippen LogP contribution in [0.3, 0.4) is 0 Å². The fourth-order valence-corrected chi connectivity index (χ4v) is 3.46. The lowest BCUT2D eigenvalue weighted by Gasteiger charge is -2.18. The van der Waals surface area contributed by atoms with Gasteiger partial charge in [-0.25, -0.2) is 10.5 Å². The molecule has 1 aromatic heterocycles. The van der Waals surface area contributed by atoms with Crippen LogP contribution in [0.2, 0.25) is 0 Å². The molecular formula is C25H21N5O5. The number of amides is 2. The molecule has 0 radical (unpaired) electrons.